The number of hydrogen-bond acceptors (Lipinski definition) is 1. The van der Waals surface area contributed by atoms with Crippen LogP contribution in [-0.4, -0.2) is 6.61 Å². The quantitative estimate of drug-likeness (QED) is 0.450. The molecule has 0 heterocycles. The molecule has 1 aromatic rings. The van der Waals surface area contributed by atoms with Crippen molar-refractivity contribution in [1.82, 2.24) is 0 Å². The van der Waals surface area contributed by atoms with Gasteiger partial charge in [0.25, 0.3) is 0 Å². The Morgan fingerprint density at radius 1 is 0.909 bits per heavy atom. The van der Waals surface area contributed by atoms with Crippen molar-refractivity contribution >= 4 is 11.6 Å². The van der Waals surface area contributed by atoms with Gasteiger partial charge in [-0.15, -0.1) is 0 Å². The second-order valence-electron chi connectivity index (χ2n) is 6.83. The van der Waals surface area contributed by atoms with Crippen LogP contribution in [0.3, 0.4) is 0 Å². The summed E-state index contributed by atoms with van der Waals surface area (Å²) in [6, 6.07) is 7.67. The Hall–Kier alpha value is -0.690. The van der Waals surface area contributed by atoms with Crippen molar-refractivity contribution in [2.45, 2.75) is 71.1 Å². The molecule has 1 fully saturated rings. The van der Waals surface area contributed by atoms with Gasteiger partial charge in [-0.3, -0.25) is 0 Å². The van der Waals surface area contributed by atoms with Crippen molar-refractivity contribution in [1.29, 1.82) is 0 Å². The van der Waals surface area contributed by atoms with E-state index in [4.69, 9.17) is 16.3 Å². The van der Waals surface area contributed by atoms with Crippen molar-refractivity contribution in [3.63, 3.8) is 0 Å². The molecule has 1 aromatic carbocycles. The van der Waals surface area contributed by atoms with Gasteiger partial charge in [0.05, 0.1) is 6.61 Å². The van der Waals surface area contributed by atoms with E-state index in [1.807, 2.05) is 24.3 Å². The first-order valence-corrected chi connectivity index (χ1v) is 9.54. The molecule has 0 bridgehead atoms. The molecule has 0 aliphatic heterocycles. The zero-order valence-electron chi connectivity index (χ0n) is 14.0. The Bertz CT molecular complexity index is 393. The third-order valence-electron chi connectivity index (χ3n) is 5.02. The fourth-order valence-corrected chi connectivity index (χ4v) is 3.71. The lowest BCUT2D eigenvalue weighted by Gasteiger charge is -2.28. The Morgan fingerprint density at radius 2 is 1.50 bits per heavy atom. The van der Waals surface area contributed by atoms with Crippen LogP contribution in [0.15, 0.2) is 24.3 Å². The highest BCUT2D eigenvalue weighted by Crippen LogP contribution is 2.34. The normalized spacial score (nSPS) is 21.7. The van der Waals surface area contributed by atoms with Crippen LogP contribution in [0.2, 0.25) is 5.02 Å². The summed E-state index contributed by atoms with van der Waals surface area (Å²) in [7, 11) is 0. The summed E-state index contributed by atoms with van der Waals surface area (Å²) >= 11 is 5.87. The van der Waals surface area contributed by atoms with Crippen LogP contribution < -0.4 is 4.74 Å². The van der Waals surface area contributed by atoms with E-state index in [0.29, 0.717) is 0 Å². The van der Waals surface area contributed by atoms with Crippen molar-refractivity contribution in [2.24, 2.45) is 11.8 Å². The van der Waals surface area contributed by atoms with E-state index in [1.165, 1.54) is 64.2 Å². The molecule has 0 aromatic heterocycles. The predicted molar refractivity (Wildman–Crippen MR) is 95.8 cm³/mol. The van der Waals surface area contributed by atoms with E-state index >= 15 is 0 Å². The molecule has 0 amide bonds. The van der Waals surface area contributed by atoms with Gasteiger partial charge >= 0.3 is 0 Å². The molecule has 1 nitrogen and oxygen atoms in total. The Morgan fingerprint density at radius 3 is 2.09 bits per heavy atom. The maximum atomic E-state index is 5.87. The number of halogens is 1. The number of benzene rings is 1. The fraction of sp³-hybridized carbons (Fsp3) is 0.700. The summed E-state index contributed by atoms with van der Waals surface area (Å²) in [5.41, 5.74) is 0. The smallest absolute Gasteiger partial charge is 0.119 e. The lowest BCUT2D eigenvalue weighted by molar-refractivity contribution is 0.228. The molecule has 124 valence electrons. The summed E-state index contributed by atoms with van der Waals surface area (Å²) in [5, 5.41) is 0.767. The largest absolute Gasteiger partial charge is 0.494 e. The summed E-state index contributed by atoms with van der Waals surface area (Å²) in [4.78, 5) is 0. The highest BCUT2D eigenvalue weighted by molar-refractivity contribution is 6.30. The van der Waals surface area contributed by atoms with Crippen LogP contribution in [-0.2, 0) is 0 Å². The zero-order valence-corrected chi connectivity index (χ0v) is 14.8. The van der Waals surface area contributed by atoms with Gasteiger partial charge in [-0.05, 0) is 48.9 Å². The van der Waals surface area contributed by atoms with E-state index in [0.717, 1.165) is 29.2 Å². The molecule has 0 radical (unpaired) electrons. The molecule has 0 N–H and O–H groups in total. The van der Waals surface area contributed by atoms with E-state index in [-0.39, 0.29) is 0 Å². The van der Waals surface area contributed by atoms with Crippen LogP contribution >= 0.6 is 11.6 Å². The molecule has 1 aliphatic carbocycles. The van der Waals surface area contributed by atoms with Crippen LogP contribution in [0.1, 0.15) is 71.1 Å². The van der Waals surface area contributed by atoms with E-state index in [1.54, 1.807) is 0 Å². The molecule has 0 atom stereocenters. The molecule has 2 rings (SSSR count). The first kappa shape index (κ1) is 17.7. The van der Waals surface area contributed by atoms with Crippen LogP contribution in [0.25, 0.3) is 0 Å². The highest BCUT2D eigenvalue weighted by atomic mass is 35.5. The second kappa shape index (κ2) is 10.2. The predicted octanol–water partition coefficient (Wildman–Crippen LogP) is 6.89. The monoisotopic (exact) mass is 322 g/mol. The number of unbranched alkanes of at least 4 members (excludes halogenated alkanes) is 2. The van der Waals surface area contributed by atoms with E-state index < -0.39 is 0 Å². The Kier molecular flexibility index (Phi) is 8.15. The first-order valence-electron chi connectivity index (χ1n) is 9.16. The molecular weight excluding hydrogens is 292 g/mol. The van der Waals surface area contributed by atoms with Gasteiger partial charge in [0.1, 0.15) is 5.75 Å². The second-order valence-corrected chi connectivity index (χ2v) is 7.26. The topological polar surface area (TPSA) is 9.23 Å². The molecule has 2 heteroatoms. The summed E-state index contributed by atoms with van der Waals surface area (Å²) < 4.78 is 5.78. The summed E-state index contributed by atoms with van der Waals surface area (Å²) in [5.74, 6) is 2.90. The molecule has 0 unspecified atom stereocenters. The van der Waals surface area contributed by atoms with Gasteiger partial charge in [-0.1, -0.05) is 69.9 Å². The lowest BCUT2D eigenvalue weighted by Crippen LogP contribution is -2.15. The minimum atomic E-state index is 0.767. The maximum absolute atomic E-state index is 5.87. The standard InChI is InChI=1S/C20H31ClO/c1-2-3-4-6-17-8-10-18(11-9-17)7-5-16-22-20-14-12-19(21)13-15-20/h12-15,17-18H,2-11,16H2,1H3. The van der Waals surface area contributed by atoms with Crippen molar-refractivity contribution in [3.8, 4) is 5.75 Å². The average molecular weight is 323 g/mol. The van der Waals surface area contributed by atoms with Gasteiger partial charge in [0, 0.05) is 5.02 Å². The molecule has 0 saturated heterocycles. The minimum Gasteiger partial charge on any atom is -0.494 e. The summed E-state index contributed by atoms with van der Waals surface area (Å²) in [6.07, 6.45) is 14.0. The van der Waals surface area contributed by atoms with Gasteiger partial charge in [0.15, 0.2) is 0 Å². The van der Waals surface area contributed by atoms with Crippen LogP contribution in [0, 0.1) is 11.8 Å². The summed E-state index contributed by atoms with van der Waals surface area (Å²) in [6.45, 7) is 3.13. The SMILES string of the molecule is CCCCCC1CCC(CCCOc2ccc(Cl)cc2)CC1. The fourth-order valence-electron chi connectivity index (χ4n) is 3.58. The van der Waals surface area contributed by atoms with E-state index in [2.05, 4.69) is 6.92 Å². The van der Waals surface area contributed by atoms with Gasteiger partial charge < -0.3 is 4.74 Å². The van der Waals surface area contributed by atoms with Crippen molar-refractivity contribution in [2.75, 3.05) is 6.61 Å². The van der Waals surface area contributed by atoms with Crippen LogP contribution in [0.5, 0.6) is 5.75 Å². The molecule has 22 heavy (non-hydrogen) atoms. The number of rotatable bonds is 9. The third kappa shape index (κ3) is 6.60. The van der Waals surface area contributed by atoms with Gasteiger partial charge in [0.2, 0.25) is 0 Å². The Labute approximate surface area is 141 Å². The maximum Gasteiger partial charge on any atom is 0.119 e. The minimum absolute atomic E-state index is 0.767. The lowest BCUT2D eigenvalue weighted by atomic mass is 9.78. The van der Waals surface area contributed by atoms with Crippen molar-refractivity contribution < 1.29 is 4.74 Å². The molecule has 0 spiro atoms. The molecule has 1 aliphatic rings. The van der Waals surface area contributed by atoms with E-state index in [9.17, 15) is 0 Å². The molecular formula is C20H31ClO. The number of ether oxygens (including phenoxy) is 1. The van der Waals surface area contributed by atoms with Gasteiger partial charge in [-0.2, -0.15) is 0 Å². The number of hydrogen-bond donors (Lipinski definition) is 0. The van der Waals surface area contributed by atoms with Crippen molar-refractivity contribution in [3.05, 3.63) is 29.3 Å². The Balaban J connectivity index is 1.52. The van der Waals surface area contributed by atoms with Gasteiger partial charge in [-0.25, -0.2) is 0 Å². The average Bonchev–Trinajstić information content (AvgIpc) is 2.55. The first-order chi connectivity index (χ1) is 10.8. The molecule has 1 saturated carbocycles. The zero-order chi connectivity index (χ0) is 15.6. The van der Waals surface area contributed by atoms with Crippen LogP contribution in [0.4, 0.5) is 0 Å². The highest BCUT2D eigenvalue weighted by Gasteiger charge is 2.20. The third-order valence-corrected chi connectivity index (χ3v) is 5.27.